The molecule has 0 fully saturated rings. The summed E-state index contributed by atoms with van der Waals surface area (Å²) in [7, 11) is 3.92. The van der Waals surface area contributed by atoms with Crippen LogP contribution in [0.25, 0.3) is 11.0 Å². The van der Waals surface area contributed by atoms with Crippen LogP contribution in [0.1, 0.15) is 10.4 Å². The lowest BCUT2D eigenvalue weighted by molar-refractivity contribution is -0.135. The van der Waals surface area contributed by atoms with E-state index in [0.29, 0.717) is 16.9 Å². The molecule has 21 heavy (non-hydrogen) atoms. The minimum Gasteiger partial charge on any atom is -0.496 e. The van der Waals surface area contributed by atoms with Crippen molar-refractivity contribution in [1.29, 1.82) is 0 Å². The quantitative estimate of drug-likeness (QED) is 0.361. The molecular formula is C14H12O7. The summed E-state index contributed by atoms with van der Waals surface area (Å²) >= 11 is 0. The van der Waals surface area contributed by atoms with Crippen LogP contribution in [0.5, 0.6) is 11.5 Å². The van der Waals surface area contributed by atoms with Gasteiger partial charge >= 0.3 is 11.6 Å². The summed E-state index contributed by atoms with van der Waals surface area (Å²) in [5.74, 6) is -1.46. The number of hydrogen-bond donors (Lipinski definition) is 0. The maximum atomic E-state index is 11.8. The Morgan fingerprint density at radius 1 is 1.05 bits per heavy atom. The predicted octanol–water partition coefficient (Wildman–Crippen LogP) is 1.17. The van der Waals surface area contributed by atoms with Crippen LogP contribution in [-0.4, -0.2) is 33.1 Å². The molecule has 0 radical (unpaired) electrons. The second-order valence-corrected chi connectivity index (χ2v) is 4.01. The van der Waals surface area contributed by atoms with Gasteiger partial charge in [-0.05, 0) is 6.07 Å². The van der Waals surface area contributed by atoms with E-state index < -0.39 is 22.9 Å². The fourth-order valence-corrected chi connectivity index (χ4v) is 1.81. The SMILES string of the molecule is COC(=O)C(=O)c1cc2c(OC)cc(OC)cc2oc1=O. The fourth-order valence-electron chi connectivity index (χ4n) is 1.81. The lowest BCUT2D eigenvalue weighted by Crippen LogP contribution is -2.22. The first-order chi connectivity index (χ1) is 10.0. The number of rotatable bonds is 4. The monoisotopic (exact) mass is 292 g/mol. The van der Waals surface area contributed by atoms with Gasteiger partial charge in [0, 0.05) is 12.1 Å². The van der Waals surface area contributed by atoms with Crippen molar-refractivity contribution < 1.29 is 28.2 Å². The largest absolute Gasteiger partial charge is 0.496 e. The summed E-state index contributed by atoms with van der Waals surface area (Å²) in [5.41, 5.74) is -1.18. The van der Waals surface area contributed by atoms with Crippen molar-refractivity contribution in [2.24, 2.45) is 0 Å². The summed E-state index contributed by atoms with van der Waals surface area (Å²) in [5, 5.41) is 0.366. The van der Waals surface area contributed by atoms with Gasteiger partial charge in [0.05, 0.1) is 26.7 Å². The number of benzene rings is 1. The second-order valence-electron chi connectivity index (χ2n) is 4.01. The number of ether oxygens (including phenoxy) is 3. The third-order valence-electron chi connectivity index (χ3n) is 2.86. The molecule has 1 aromatic carbocycles. The number of fused-ring (bicyclic) bond motifs is 1. The zero-order chi connectivity index (χ0) is 15.6. The van der Waals surface area contributed by atoms with E-state index in [0.717, 1.165) is 7.11 Å². The Kier molecular flexibility index (Phi) is 3.93. The average Bonchev–Trinajstić information content (AvgIpc) is 2.51. The van der Waals surface area contributed by atoms with Crippen molar-refractivity contribution in [3.05, 3.63) is 34.2 Å². The highest BCUT2D eigenvalue weighted by Gasteiger charge is 2.23. The van der Waals surface area contributed by atoms with Crippen LogP contribution in [-0.2, 0) is 9.53 Å². The van der Waals surface area contributed by atoms with E-state index in [4.69, 9.17) is 13.9 Å². The Morgan fingerprint density at radius 3 is 2.33 bits per heavy atom. The summed E-state index contributed by atoms with van der Waals surface area (Å²) < 4.78 is 19.6. The molecule has 0 bridgehead atoms. The lowest BCUT2D eigenvalue weighted by Gasteiger charge is -2.08. The number of ketones is 1. The van der Waals surface area contributed by atoms with E-state index in [1.807, 2.05) is 0 Å². The van der Waals surface area contributed by atoms with Gasteiger partial charge in [-0.2, -0.15) is 0 Å². The molecule has 7 heteroatoms. The molecule has 7 nitrogen and oxygen atoms in total. The Bertz CT molecular complexity index is 773. The number of carbonyl (C=O) groups is 2. The second kappa shape index (κ2) is 5.66. The molecule has 0 saturated heterocycles. The van der Waals surface area contributed by atoms with Gasteiger partial charge in [0.15, 0.2) is 0 Å². The Balaban J connectivity index is 2.72. The molecule has 0 aliphatic carbocycles. The Morgan fingerprint density at radius 2 is 1.76 bits per heavy atom. The van der Waals surface area contributed by atoms with Crippen LogP contribution in [0, 0.1) is 0 Å². The van der Waals surface area contributed by atoms with Crippen molar-refractivity contribution in [2.45, 2.75) is 0 Å². The Labute approximate surface area is 119 Å². The summed E-state index contributed by atoms with van der Waals surface area (Å²) in [6.45, 7) is 0. The maximum absolute atomic E-state index is 11.8. The van der Waals surface area contributed by atoms with Gasteiger partial charge in [-0.25, -0.2) is 9.59 Å². The maximum Gasteiger partial charge on any atom is 0.379 e. The van der Waals surface area contributed by atoms with Gasteiger partial charge in [-0.15, -0.1) is 0 Å². The number of hydrogen-bond acceptors (Lipinski definition) is 7. The first kappa shape index (κ1) is 14.6. The molecule has 1 aromatic heterocycles. The smallest absolute Gasteiger partial charge is 0.379 e. The van der Waals surface area contributed by atoms with E-state index >= 15 is 0 Å². The zero-order valence-electron chi connectivity index (χ0n) is 11.6. The lowest BCUT2D eigenvalue weighted by atomic mass is 10.1. The molecule has 0 unspecified atom stereocenters. The van der Waals surface area contributed by atoms with Crippen LogP contribution >= 0.6 is 0 Å². The molecule has 1 heterocycles. The molecule has 0 saturated carbocycles. The molecule has 2 aromatic rings. The van der Waals surface area contributed by atoms with Crippen molar-refractivity contribution >= 4 is 22.7 Å². The van der Waals surface area contributed by atoms with Gasteiger partial charge in [0.1, 0.15) is 22.6 Å². The summed E-state index contributed by atoms with van der Waals surface area (Å²) in [6, 6.07) is 4.28. The van der Waals surface area contributed by atoms with Gasteiger partial charge in [0.2, 0.25) is 0 Å². The molecular weight excluding hydrogens is 280 g/mol. The third-order valence-corrected chi connectivity index (χ3v) is 2.86. The summed E-state index contributed by atoms with van der Waals surface area (Å²) in [4.78, 5) is 34.8. The van der Waals surface area contributed by atoms with Crippen LogP contribution in [0.2, 0.25) is 0 Å². The van der Waals surface area contributed by atoms with Crippen LogP contribution < -0.4 is 15.1 Å². The number of methoxy groups -OCH3 is 3. The molecule has 0 amide bonds. The van der Waals surface area contributed by atoms with Crippen molar-refractivity contribution in [1.82, 2.24) is 0 Å². The average molecular weight is 292 g/mol. The highest BCUT2D eigenvalue weighted by molar-refractivity contribution is 6.40. The van der Waals surface area contributed by atoms with Crippen LogP contribution in [0.15, 0.2) is 27.4 Å². The standard InChI is InChI=1S/C14H12O7/c1-18-7-4-10(19-2)8-6-9(12(15)14(17)20-3)13(16)21-11(8)5-7/h4-6H,1-3H3. The number of esters is 1. The van der Waals surface area contributed by atoms with Gasteiger partial charge < -0.3 is 18.6 Å². The molecule has 2 rings (SSSR count). The van der Waals surface area contributed by atoms with Gasteiger partial charge in [-0.1, -0.05) is 0 Å². The molecule has 0 aliphatic rings. The molecule has 0 spiro atoms. The van der Waals surface area contributed by atoms with E-state index in [9.17, 15) is 14.4 Å². The number of Topliss-reactive ketones (excluding diaryl/α,β-unsaturated/α-hetero) is 1. The molecule has 0 atom stereocenters. The van der Waals surface area contributed by atoms with Crippen LogP contribution in [0.4, 0.5) is 0 Å². The van der Waals surface area contributed by atoms with Gasteiger partial charge in [0.25, 0.3) is 5.78 Å². The summed E-state index contributed by atoms with van der Waals surface area (Å²) in [6.07, 6.45) is 0. The Hall–Kier alpha value is -2.83. The van der Waals surface area contributed by atoms with E-state index in [1.165, 1.54) is 26.4 Å². The topological polar surface area (TPSA) is 92.0 Å². The fraction of sp³-hybridized carbons (Fsp3) is 0.214. The highest BCUT2D eigenvalue weighted by Crippen LogP contribution is 2.30. The normalized spacial score (nSPS) is 10.2. The number of carbonyl (C=O) groups excluding carboxylic acids is 2. The minimum absolute atomic E-state index is 0.178. The van der Waals surface area contributed by atoms with Crippen LogP contribution in [0.3, 0.4) is 0 Å². The van der Waals surface area contributed by atoms with Gasteiger partial charge in [-0.3, -0.25) is 4.79 Å². The highest BCUT2D eigenvalue weighted by atomic mass is 16.5. The van der Waals surface area contributed by atoms with E-state index in [1.54, 1.807) is 6.07 Å². The first-order valence-corrected chi connectivity index (χ1v) is 5.84. The minimum atomic E-state index is -1.14. The zero-order valence-corrected chi connectivity index (χ0v) is 11.6. The first-order valence-electron chi connectivity index (χ1n) is 5.84. The molecule has 0 N–H and O–H groups in total. The molecule has 110 valence electrons. The predicted molar refractivity (Wildman–Crippen MR) is 71.9 cm³/mol. The van der Waals surface area contributed by atoms with Crippen molar-refractivity contribution in [2.75, 3.05) is 21.3 Å². The van der Waals surface area contributed by atoms with E-state index in [2.05, 4.69) is 4.74 Å². The third kappa shape index (κ3) is 2.58. The van der Waals surface area contributed by atoms with E-state index in [-0.39, 0.29) is 5.58 Å². The molecule has 0 aliphatic heterocycles. The van der Waals surface area contributed by atoms with Crippen molar-refractivity contribution in [3.8, 4) is 11.5 Å². The van der Waals surface area contributed by atoms with Crippen molar-refractivity contribution in [3.63, 3.8) is 0 Å².